The molecule has 134 valence electrons. The smallest absolute Gasteiger partial charge is 0.242 e. The van der Waals surface area contributed by atoms with E-state index in [0.29, 0.717) is 10.6 Å². The number of hydrogen-bond acceptors (Lipinski definition) is 4. The molecule has 0 spiro atoms. The van der Waals surface area contributed by atoms with Crippen molar-refractivity contribution in [3.8, 4) is 0 Å². The van der Waals surface area contributed by atoms with E-state index in [1.165, 1.54) is 0 Å². The molecule has 5 nitrogen and oxygen atoms in total. The average Bonchev–Trinajstić information content (AvgIpc) is 2.67. The molecule has 4 rings (SSSR count). The molecule has 0 radical (unpaired) electrons. The number of amides is 1. The Morgan fingerprint density at radius 2 is 1.85 bits per heavy atom. The highest BCUT2D eigenvalue weighted by molar-refractivity contribution is 6.31. The van der Waals surface area contributed by atoms with E-state index in [2.05, 4.69) is 10.3 Å². The molecule has 2 aromatic carbocycles. The number of fused-ring (bicyclic) bond motifs is 1. The third-order valence-electron chi connectivity index (χ3n) is 4.96. The van der Waals surface area contributed by atoms with E-state index in [1.807, 2.05) is 24.3 Å². The first-order valence-electron chi connectivity index (χ1n) is 8.82. The lowest BCUT2D eigenvalue weighted by Crippen LogP contribution is -2.56. The fourth-order valence-electron chi connectivity index (χ4n) is 3.72. The van der Waals surface area contributed by atoms with Gasteiger partial charge in [0.15, 0.2) is 5.78 Å². The third kappa shape index (κ3) is 3.14. The maximum absolute atomic E-state index is 13.1. The number of nitrogens with zero attached hydrogens (tertiary/aromatic N) is 2. The van der Waals surface area contributed by atoms with Crippen molar-refractivity contribution in [1.29, 1.82) is 0 Å². The third-order valence-corrected chi connectivity index (χ3v) is 5.19. The summed E-state index contributed by atoms with van der Waals surface area (Å²) < 4.78 is 0. The summed E-state index contributed by atoms with van der Waals surface area (Å²) in [5.74, 6) is -0.574. The molecule has 1 saturated heterocycles. The van der Waals surface area contributed by atoms with Crippen LogP contribution >= 0.6 is 11.6 Å². The molecule has 0 bridgehead atoms. The van der Waals surface area contributed by atoms with E-state index in [4.69, 9.17) is 11.6 Å². The van der Waals surface area contributed by atoms with Crippen LogP contribution in [0, 0.1) is 0 Å². The van der Waals surface area contributed by atoms with Gasteiger partial charge in [-0.15, -0.1) is 0 Å². The predicted octanol–water partition coefficient (Wildman–Crippen LogP) is 2.86. The van der Waals surface area contributed by atoms with Crippen LogP contribution in [0.5, 0.6) is 0 Å². The zero-order valence-corrected chi connectivity index (χ0v) is 15.1. The quantitative estimate of drug-likeness (QED) is 0.845. The summed E-state index contributed by atoms with van der Waals surface area (Å²) in [5, 5.41) is 7.65. The van der Waals surface area contributed by atoms with Crippen LogP contribution in [0.3, 0.4) is 0 Å². The minimum atomic E-state index is -0.476. The largest absolute Gasteiger partial charge is 0.314 e. The number of hydrogen-bond donors (Lipinski definition) is 1. The van der Waals surface area contributed by atoms with Crippen molar-refractivity contribution in [1.82, 2.24) is 10.3 Å². The van der Waals surface area contributed by atoms with Gasteiger partial charge in [-0.25, -0.2) is 10.0 Å². The maximum atomic E-state index is 13.1. The molecule has 2 heterocycles. The van der Waals surface area contributed by atoms with Crippen molar-refractivity contribution in [2.24, 2.45) is 0 Å². The van der Waals surface area contributed by atoms with Crippen LogP contribution in [0.4, 0.5) is 5.69 Å². The Kier molecular flexibility index (Phi) is 4.76. The van der Waals surface area contributed by atoms with Crippen LogP contribution in [0.15, 0.2) is 48.5 Å². The summed E-state index contributed by atoms with van der Waals surface area (Å²) >= 11 is 6.04. The first-order chi connectivity index (χ1) is 12.6. The second-order valence-corrected chi connectivity index (χ2v) is 7.04. The minimum absolute atomic E-state index is 0.0361. The summed E-state index contributed by atoms with van der Waals surface area (Å²) in [6, 6.07) is 14.6. The van der Waals surface area contributed by atoms with Crippen molar-refractivity contribution in [2.75, 3.05) is 31.2 Å². The topological polar surface area (TPSA) is 52.7 Å². The molecule has 1 amide bonds. The molecular weight excluding hydrogens is 350 g/mol. The molecule has 1 atom stereocenters. The van der Waals surface area contributed by atoms with E-state index < -0.39 is 5.92 Å². The van der Waals surface area contributed by atoms with E-state index in [-0.39, 0.29) is 18.1 Å². The molecule has 0 aromatic heterocycles. The highest BCUT2D eigenvalue weighted by atomic mass is 35.5. The zero-order valence-electron chi connectivity index (χ0n) is 14.3. The number of para-hydroxylation sites is 1. The molecule has 6 heteroatoms. The van der Waals surface area contributed by atoms with Crippen molar-refractivity contribution in [3.63, 3.8) is 0 Å². The van der Waals surface area contributed by atoms with Crippen LogP contribution in [0.1, 0.15) is 28.3 Å². The molecule has 2 aromatic rings. The number of nitrogens with one attached hydrogen (secondary N) is 1. The first kappa shape index (κ1) is 17.2. The first-order valence-corrected chi connectivity index (χ1v) is 9.20. The summed E-state index contributed by atoms with van der Waals surface area (Å²) in [6.07, 6.45) is 0.173. The highest BCUT2D eigenvalue weighted by Crippen LogP contribution is 2.38. The number of benzene rings is 2. The van der Waals surface area contributed by atoms with Crippen LogP contribution in [0.2, 0.25) is 5.02 Å². The molecule has 1 N–H and O–H groups in total. The van der Waals surface area contributed by atoms with E-state index in [0.717, 1.165) is 37.4 Å². The Labute approximate surface area is 157 Å². The molecule has 26 heavy (non-hydrogen) atoms. The number of carbonyl (C=O) groups excluding carboxylic acids is 2. The number of ketones is 1. The van der Waals surface area contributed by atoms with Gasteiger partial charge in [0.05, 0.1) is 11.6 Å². The van der Waals surface area contributed by atoms with E-state index in [1.54, 1.807) is 29.3 Å². The normalized spacial score (nSPS) is 20.7. The lowest BCUT2D eigenvalue weighted by molar-refractivity contribution is -0.122. The van der Waals surface area contributed by atoms with Gasteiger partial charge >= 0.3 is 0 Å². The van der Waals surface area contributed by atoms with Crippen LogP contribution < -0.4 is 10.3 Å². The lowest BCUT2D eigenvalue weighted by Gasteiger charge is -2.42. The molecular formula is C20H20ClN3O2. The fraction of sp³-hybridized carbons (Fsp3) is 0.300. The van der Waals surface area contributed by atoms with Crippen molar-refractivity contribution in [3.05, 3.63) is 64.7 Å². The minimum Gasteiger partial charge on any atom is -0.314 e. The Morgan fingerprint density at radius 1 is 1.08 bits per heavy atom. The fourth-order valence-corrected chi connectivity index (χ4v) is 3.91. The number of Topliss-reactive ketones (excluding diaryl/α,β-unsaturated/α-hetero) is 1. The maximum Gasteiger partial charge on any atom is 0.242 e. The van der Waals surface area contributed by atoms with Gasteiger partial charge in [-0.05, 0) is 23.8 Å². The lowest BCUT2D eigenvalue weighted by atomic mass is 9.84. The van der Waals surface area contributed by atoms with Crippen LogP contribution in [-0.4, -0.2) is 42.9 Å². The molecule has 0 saturated carbocycles. The van der Waals surface area contributed by atoms with Gasteiger partial charge in [-0.1, -0.05) is 41.9 Å². The molecule has 1 unspecified atom stereocenters. The highest BCUT2D eigenvalue weighted by Gasteiger charge is 2.38. The zero-order chi connectivity index (χ0) is 18.1. The Hall–Kier alpha value is -2.21. The van der Waals surface area contributed by atoms with Crippen LogP contribution in [-0.2, 0) is 4.79 Å². The Morgan fingerprint density at radius 3 is 2.62 bits per heavy atom. The monoisotopic (exact) mass is 369 g/mol. The predicted molar refractivity (Wildman–Crippen MR) is 102 cm³/mol. The van der Waals surface area contributed by atoms with Gasteiger partial charge in [-0.3, -0.25) is 9.59 Å². The number of anilines is 1. The van der Waals surface area contributed by atoms with Crippen molar-refractivity contribution < 1.29 is 9.59 Å². The van der Waals surface area contributed by atoms with Crippen molar-refractivity contribution >= 4 is 29.0 Å². The number of piperazine rings is 1. The number of halogens is 1. The molecule has 2 aliphatic rings. The second-order valence-electron chi connectivity index (χ2n) is 6.60. The SMILES string of the molecule is O=C(c1cccc(Cl)c1)C1CC(=O)N(N2CCNCC2)c2ccccc21. The number of carbonyl (C=O) groups is 2. The number of rotatable bonds is 3. The Balaban J connectivity index is 1.71. The summed E-state index contributed by atoms with van der Waals surface area (Å²) in [7, 11) is 0. The Bertz CT molecular complexity index is 848. The second kappa shape index (κ2) is 7.19. The van der Waals surface area contributed by atoms with Crippen molar-refractivity contribution in [2.45, 2.75) is 12.3 Å². The average molecular weight is 370 g/mol. The molecule has 2 aliphatic heterocycles. The van der Waals surface area contributed by atoms with Gasteiger partial charge < -0.3 is 5.32 Å². The molecule has 0 aliphatic carbocycles. The summed E-state index contributed by atoms with van der Waals surface area (Å²) in [6.45, 7) is 3.23. The summed E-state index contributed by atoms with van der Waals surface area (Å²) in [5.41, 5.74) is 2.25. The van der Waals surface area contributed by atoms with Gasteiger partial charge in [0.25, 0.3) is 0 Å². The molecule has 1 fully saturated rings. The number of hydrazine groups is 1. The van der Waals surface area contributed by atoms with Crippen LogP contribution in [0.25, 0.3) is 0 Å². The van der Waals surface area contributed by atoms with E-state index in [9.17, 15) is 9.59 Å². The van der Waals surface area contributed by atoms with E-state index >= 15 is 0 Å². The van der Waals surface area contributed by atoms with Gasteiger partial charge in [-0.2, -0.15) is 0 Å². The van der Waals surface area contributed by atoms with Gasteiger partial charge in [0.2, 0.25) is 5.91 Å². The van der Waals surface area contributed by atoms with Gasteiger partial charge in [0.1, 0.15) is 0 Å². The summed E-state index contributed by atoms with van der Waals surface area (Å²) in [4.78, 5) is 26.0. The van der Waals surface area contributed by atoms with Gasteiger partial charge in [0, 0.05) is 43.2 Å². The standard InChI is InChI=1S/C20H20ClN3O2/c21-15-5-3-4-14(12-15)20(26)17-13-19(25)24(23-10-8-22-9-11-23)18-7-2-1-6-16(17)18/h1-7,12,17,22H,8-11,13H2.